The van der Waals surface area contributed by atoms with Gasteiger partial charge in [-0.1, -0.05) is 93.4 Å². The van der Waals surface area contributed by atoms with Crippen molar-refractivity contribution in [2.75, 3.05) is 79.3 Å². The molecule has 20 nitrogen and oxygen atoms in total. The third kappa shape index (κ3) is 33.0. The Morgan fingerprint density at radius 2 is 0.974 bits per heavy atom. The molecule has 0 amide bonds. The fourth-order valence-electron chi connectivity index (χ4n) is 6.38. The van der Waals surface area contributed by atoms with E-state index >= 15 is 0 Å². The largest absolute Gasteiger partial charge is 0.508 e. The van der Waals surface area contributed by atoms with Crippen LogP contribution in [-0.2, 0) is 85.6 Å². The normalized spacial score (nSPS) is 14.7. The zero-order valence-corrected chi connectivity index (χ0v) is 45.4. The molecule has 4 atom stereocenters. The minimum Gasteiger partial charge on any atom is -0.466 e. The lowest BCUT2D eigenvalue weighted by atomic mass is 9.68. The first-order valence-corrected chi connectivity index (χ1v) is 24.8. The molecular formula is C56H78O20. The van der Waals surface area contributed by atoms with Gasteiger partial charge in [0.15, 0.2) is 0 Å². The number of hydrogen-bond donors (Lipinski definition) is 0. The van der Waals surface area contributed by atoms with Crippen molar-refractivity contribution in [3.8, 4) is 0 Å². The molecule has 4 rings (SSSR count). The number of epoxide rings is 2. The summed E-state index contributed by atoms with van der Waals surface area (Å²) in [7, 11) is 0. The van der Waals surface area contributed by atoms with Gasteiger partial charge in [0.25, 0.3) is 0 Å². The Kier molecular flexibility index (Phi) is 33.2. The maximum absolute atomic E-state index is 13.5. The van der Waals surface area contributed by atoms with Gasteiger partial charge in [0, 0.05) is 37.8 Å². The summed E-state index contributed by atoms with van der Waals surface area (Å²) in [5.41, 5.74) is 1.00. The van der Waals surface area contributed by atoms with E-state index in [1.807, 2.05) is 66.7 Å². The van der Waals surface area contributed by atoms with Crippen molar-refractivity contribution in [1.29, 1.82) is 0 Å². The quantitative estimate of drug-likeness (QED) is 0.0243. The molecule has 0 bridgehead atoms. The molecule has 20 heteroatoms. The van der Waals surface area contributed by atoms with Crippen LogP contribution in [0, 0.1) is 10.8 Å². The van der Waals surface area contributed by atoms with Crippen LogP contribution in [0.5, 0.6) is 0 Å². The van der Waals surface area contributed by atoms with Crippen LogP contribution in [0.15, 0.2) is 91.5 Å². The van der Waals surface area contributed by atoms with Crippen LogP contribution >= 0.6 is 0 Å². The van der Waals surface area contributed by atoms with Gasteiger partial charge >= 0.3 is 48.1 Å². The average Bonchev–Trinajstić information content (AvgIpc) is 4.34. The smallest absolute Gasteiger partial charge is 0.466 e. The van der Waals surface area contributed by atoms with Crippen LogP contribution in [0.25, 0.3) is 6.08 Å². The van der Waals surface area contributed by atoms with Crippen LogP contribution < -0.4 is 0 Å². The van der Waals surface area contributed by atoms with Gasteiger partial charge < -0.3 is 56.8 Å². The molecule has 0 aromatic heterocycles. The zero-order chi connectivity index (χ0) is 56.9. The number of esters is 6. The fraction of sp³-hybridized carbons (Fsp3) is 0.536. The molecule has 2 heterocycles. The maximum Gasteiger partial charge on any atom is 0.508 e. The number of ether oxygens (including phenoxy) is 12. The lowest BCUT2D eigenvalue weighted by molar-refractivity contribution is -0.165. The van der Waals surface area contributed by atoms with Gasteiger partial charge in [-0.3, -0.25) is 19.2 Å². The molecule has 0 radical (unpaired) electrons. The SMILES string of the molecule is C=C(C)C(=O)OCC1CO1.C=C(C)C(=O)OCCOC(=O)OCCCOC(C)=O.C=Cc1ccccc1.CCC(CC(C)(CC(C)(C)C(=O)OCC1CO1)C(=O)OCCOC(=O)OCCCOC(C)=O)c1ccccc1. The summed E-state index contributed by atoms with van der Waals surface area (Å²) in [6, 6.07) is 19.9. The molecule has 0 N–H and O–H groups in total. The highest BCUT2D eigenvalue weighted by Crippen LogP contribution is 2.44. The second-order valence-electron chi connectivity index (χ2n) is 18.2. The predicted octanol–water partition coefficient (Wildman–Crippen LogP) is 8.63. The van der Waals surface area contributed by atoms with Gasteiger partial charge in [0.1, 0.15) is 51.8 Å². The molecule has 2 saturated heterocycles. The number of benzene rings is 2. The molecule has 2 fully saturated rings. The molecule has 2 aliphatic heterocycles. The third-order valence-electron chi connectivity index (χ3n) is 10.4. The molecule has 2 aromatic rings. The Morgan fingerprint density at radius 3 is 1.39 bits per heavy atom. The molecule has 2 aromatic carbocycles. The van der Waals surface area contributed by atoms with Crippen molar-refractivity contribution in [2.45, 2.75) is 106 Å². The summed E-state index contributed by atoms with van der Waals surface area (Å²) >= 11 is 0. The zero-order valence-electron chi connectivity index (χ0n) is 45.4. The minimum absolute atomic E-state index is 0.0277. The number of carbonyl (C=O) groups excluding carboxylic acids is 8. The van der Waals surface area contributed by atoms with E-state index in [4.69, 9.17) is 42.6 Å². The van der Waals surface area contributed by atoms with Gasteiger partial charge in [-0.25, -0.2) is 19.2 Å². The van der Waals surface area contributed by atoms with Gasteiger partial charge in [-0.05, 0) is 70.9 Å². The lowest BCUT2D eigenvalue weighted by Crippen LogP contribution is -2.40. The van der Waals surface area contributed by atoms with Crippen molar-refractivity contribution >= 4 is 54.2 Å². The minimum atomic E-state index is -1.02. The number of rotatable bonds is 29. The fourth-order valence-corrected chi connectivity index (χ4v) is 6.38. The monoisotopic (exact) mass is 1070 g/mol. The van der Waals surface area contributed by atoms with Gasteiger partial charge in [-0.15, -0.1) is 0 Å². The topological polar surface area (TPSA) is 254 Å². The lowest BCUT2D eigenvalue weighted by Gasteiger charge is -2.36. The van der Waals surface area contributed by atoms with Gasteiger partial charge in [-0.2, -0.15) is 0 Å². The van der Waals surface area contributed by atoms with E-state index < -0.39 is 47.0 Å². The van der Waals surface area contributed by atoms with Crippen molar-refractivity contribution in [3.05, 3.63) is 103 Å². The molecule has 422 valence electrons. The second kappa shape index (κ2) is 37.6. The van der Waals surface area contributed by atoms with E-state index in [1.165, 1.54) is 26.3 Å². The molecule has 2 aliphatic rings. The van der Waals surface area contributed by atoms with E-state index in [2.05, 4.69) is 40.9 Å². The number of carbonyl (C=O) groups is 8. The molecule has 0 aliphatic carbocycles. The van der Waals surface area contributed by atoms with Gasteiger partial charge in [0.05, 0.1) is 50.5 Å². The Bertz CT molecular complexity index is 2130. The van der Waals surface area contributed by atoms with Crippen LogP contribution in [0.3, 0.4) is 0 Å². The van der Waals surface area contributed by atoms with E-state index in [-0.39, 0.29) is 102 Å². The summed E-state index contributed by atoms with van der Waals surface area (Å²) in [5.74, 6) is -2.50. The highest BCUT2D eigenvalue weighted by atomic mass is 16.7. The van der Waals surface area contributed by atoms with E-state index in [0.717, 1.165) is 12.0 Å². The molecular weight excluding hydrogens is 993 g/mol. The predicted molar refractivity (Wildman–Crippen MR) is 277 cm³/mol. The summed E-state index contributed by atoms with van der Waals surface area (Å²) in [6.07, 6.45) is 2.34. The first kappa shape index (κ1) is 67.0. The summed E-state index contributed by atoms with van der Waals surface area (Å²) in [5, 5.41) is 0. The molecule has 0 spiro atoms. The Balaban J connectivity index is 0.000000633. The van der Waals surface area contributed by atoms with Crippen LogP contribution in [0.2, 0.25) is 0 Å². The second-order valence-corrected chi connectivity index (χ2v) is 18.2. The first-order chi connectivity index (χ1) is 36.0. The Morgan fingerprint density at radius 1 is 0.566 bits per heavy atom. The Labute approximate surface area is 446 Å². The van der Waals surface area contributed by atoms with Crippen molar-refractivity contribution in [3.63, 3.8) is 0 Å². The molecule has 76 heavy (non-hydrogen) atoms. The van der Waals surface area contributed by atoms with Crippen molar-refractivity contribution in [2.24, 2.45) is 10.8 Å². The Hall–Kier alpha value is -7.06. The van der Waals surface area contributed by atoms with Crippen LogP contribution in [-0.4, -0.2) is 140 Å². The highest BCUT2D eigenvalue weighted by Gasteiger charge is 2.45. The van der Waals surface area contributed by atoms with Crippen molar-refractivity contribution < 1.29 is 95.2 Å². The average molecular weight is 1070 g/mol. The highest BCUT2D eigenvalue weighted by molar-refractivity contribution is 5.87. The van der Waals surface area contributed by atoms with Crippen molar-refractivity contribution in [1.82, 2.24) is 0 Å². The standard InChI is InChI=1S/C29H42O10.C12H18O7.C8H8.C7H10O3/c1-6-22(23-11-8-7-9-12-23)17-29(5,20-28(3,4)25(31)39-19-24-18-38-24)26(32)35-15-16-37-27(33)36-14-10-13-34-21(2)30;1-9(2)11(14)17-7-8-19-12(15)18-6-4-5-16-10(3)13;1-2-8-6-4-3-5-7-8;1-5(2)7(8)10-4-6-3-9-6/h7-9,11-12,22,24H,6,10,13-20H2,1-5H3;1,4-8H2,2-3H3;2-7H,1H2;6H,1,3-4H2,2H3. The first-order valence-electron chi connectivity index (χ1n) is 24.8. The maximum atomic E-state index is 13.5. The van der Waals surface area contributed by atoms with Crippen LogP contribution in [0.4, 0.5) is 9.59 Å². The van der Waals surface area contributed by atoms with Gasteiger partial charge in [0.2, 0.25) is 0 Å². The van der Waals surface area contributed by atoms with E-state index in [1.54, 1.807) is 27.7 Å². The number of hydrogen-bond acceptors (Lipinski definition) is 20. The summed E-state index contributed by atoms with van der Waals surface area (Å²) < 4.78 is 59.0. The molecule has 4 unspecified atom stereocenters. The molecule has 0 saturated carbocycles. The summed E-state index contributed by atoms with van der Waals surface area (Å²) in [6.45, 7) is 25.4. The van der Waals surface area contributed by atoms with E-state index in [9.17, 15) is 38.4 Å². The summed E-state index contributed by atoms with van der Waals surface area (Å²) in [4.78, 5) is 91.9. The third-order valence-corrected chi connectivity index (χ3v) is 10.4. The van der Waals surface area contributed by atoms with E-state index in [0.29, 0.717) is 44.7 Å². The van der Waals surface area contributed by atoms with Crippen LogP contribution in [0.1, 0.15) is 105 Å².